The molecule has 1 aromatic rings. The lowest BCUT2D eigenvalue weighted by Gasteiger charge is -2.22. The van der Waals surface area contributed by atoms with Crippen LogP contribution in [0.5, 0.6) is 0 Å². The first-order valence-corrected chi connectivity index (χ1v) is 8.21. The number of rotatable bonds is 5. The van der Waals surface area contributed by atoms with Crippen molar-refractivity contribution in [2.75, 3.05) is 25.4 Å². The van der Waals surface area contributed by atoms with Crippen molar-refractivity contribution in [1.29, 1.82) is 0 Å². The minimum atomic E-state index is 0.421. The van der Waals surface area contributed by atoms with Crippen molar-refractivity contribution < 1.29 is 4.42 Å². The van der Waals surface area contributed by atoms with Crippen LogP contribution in [0, 0.1) is 0 Å². The zero-order chi connectivity index (χ0) is 13.7. The molecule has 0 unspecified atom stereocenters. The SMILES string of the molecule is CCNCc1ccoc1CN1CCSC(C)(C)CC1. The smallest absolute Gasteiger partial charge is 0.122 e. The van der Waals surface area contributed by atoms with E-state index in [0.717, 1.165) is 31.9 Å². The fraction of sp³-hybridized carbons (Fsp3) is 0.733. The number of hydrogen-bond donors (Lipinski definition) is 1. The summed E-state index contributed by atoms with van der Waals surface area (Å²) >= 11 is 2.09. The summed E-state index contributed by atoms with van der Waals surface area (Å²) in [6.07, 6.45) is 3.07. The van der Waals surface area contributed by atoms with E-state index in [9.17, 15) is 0 Å². The topological polar surface area (TPSA) is 28.4 Å². The van der Waals surface area contributed by atoms with Crippen LogP contribution in [0.4, 0.5) is 0 Å². The molecular weight excluding hydrogens is 256 g/mol. The second kappa shape index (κ2) is 6.82. The molecule has 3 nitrogen and oxygen atoms in total. The molecule has 1 aromatic heterocycles. The average Bonchev–Trinajstić information content (AvgIpc) is 2.72. The van der Waals surface area contributed by atoms with Gasteiger partial charge in [-0.1, -0.05) is 20.8 Å². The van der Waals surface area contributed by atoms with E-state index in [0.29, 0.717) is 4.75 Å². The minimum Gasteiger partial charge on any atom is -0.468 e. The highest BCUT2D eigenvalue weighted by atomic mass is 32.2. The summed E-state index contributed by atoms with van der Waals surface area (Å²) in [6, 6.07) is 2.09. The molecule has 4 heteroatoms. The van der Waals surface area contributed by atoms with Crippen LogP contribution >= 0.6 is 11.8 Å². The molecule has 0 aliphatic carbocycles. The lowest BCUT2D eigenvalue weighted by atomic mass is 10.1. The Balaban J connectivity index is 1.92. The van der Waals surface area contributed by atoms with Crippen LogP contribution in [0.2, 0.25) is 0 Å². The first-order chi connectivity index (χ1) is 9.11. The monoisotopic (exact) mass is 282 g/mol. The summed E-state index contributed by atoms with van der Waals surface area (Å²) in [7, 11) is 0. The number of furan rings is 1. The summed E-state index contributed by atoms with van der Waals surface area (Å²) in [5.41, 5.74) is 1.30. The lowest BCUT2D eigenvalue weighted by Crippen LogP contribution is -2.27. The number of hydrogen-bond acceptors (Lipinski definition) is 4. The van der Waals surface area contributed by atoms with E-state index in [1.54, 1.807) is 0 Å². The summed E-state index contributed by atoms with van der Waals surface area (Å²) in [4.78, 5) is 2.52. The van der Waals surface area contributed by atoms with Gasteiger partial charge in [-0.15, -0.1) is 0 Å². The van der Waals surface area contributed by atoms with Crippen molar-refractivity contribution in [3.05, 3.63) is 23.7 Å². The minimum absolute atomic E-state index is 0.421. The van der Waals surface area contributed by atoms with Crippen LogP contribution in [-0.2, 0) is 13.1 Å². The van der Waals surface area contributed by atoms with Crippen LogP contribution in [0.25, 0.3) is 0 Å². The van der Waals surface area contributed by atoms with Gasteiger partial charge in [0.15, 0.2) is 0 Å². The van der Waals surface area contributed by atoms with Crippen molar-refractivity contribution in [2.45, 2.75) is 45.0 Å². The molecule has 0 bridgehead atoms. The molecule has 1 aliphatic rings. The first kappa shape index (κ1) is 14.9. The van der Waals surface area contributed by atoms with Gasteiger partial charge >= 0.3 is 0 Å². The van der Waals surface area contributed by atoms with E-state index in [1.165, 1.54) is 24.3 Å². The van der Waals surface area contributed by atoms with Gasteiger partial charge in [0, 0.05) is 29.2 Å². The van der Waals surface area contributed by atoms with Gasteiger partial charge in [-0.2, -0.15) is 11.8 Å². The Bertz CT molecular complexity index is 389. The predicted octanol–water partition coefficient (Wildman–Crippen LogP) is 3.11. The normalized spacial score (nSPS) is 20.4. The fourth-order valence-corrected chi connectivity index (χ4v) is 3.48. The standard InChI is InChI=1S/C15H26N2OS/c1-4-16-11-13-5-9-18-14(13)12-17-7-6-15(2,3)19-10-8-17/h5,9,16H,4,6-8,10-12H2,1-3H3. The molecule has 1 saturated heterocycles. The molecule has 2 heterocycles. The van der Waals surface area contributed by atoms with E-state index >= 15 is 0 Å². The largest absolute Gasteiger partial charge is 0.468 e. The molecule has 0 spiro atoms. The van der Waals surface area contributed by atoms with Gasteiger partial charge in [0.2, 0.25) is 0 Å². The fourth-order valence-electron chi connectivity index (χ4n) is 2.35. The van der Waals surface area contributed by atoms with E-state index in [-0.39, 0.29) is 0 Å². The van der Waals surface area contributed by atoms with Gasteiger partial charge in [0.25, 0.3) is 0 Å². The van der Waals surface area contributed by atoms with Crippen molar-refractivity contribution >= 4 is 11.8 Å². The van der Waals surface area contributed by atoms with Gasteiger partial charge in [0.1, 0.15) is 5.76 Å². The summed E-state index contributed by atoms with van der Waals surface area (Å²) in [6.45, 7) is 12.0. The highest BCUT2D eigenvalue weighted by molar-refractivity contribution is 8.00. The van der Waals surface area contributed by atoms with Gasteiger partial charge in [-0.25, -0.2) is 0 Å². The second-order valence-corrected chi connectivity index (χ2v) is 7.59. The third-order valence-corrected chi connectivity index (χ3v) is 5.07. The number of thioether (sulfide) groups is 1. The molecule has 0 radical (unpaired) electrons. The molecule has 2 rings (SSSR count). The van der Waals surface area contributed by atoms with Crippen LogP contribution < -0.4 is 5.32 Å². The Kier molecular flexibility index (Phi) is 5.37. The average molecular weight is 282 g/mol. The predicted molar refractivity (Wildman–Crippen MR) is 82.5 cm³/mol. The van der Waals surface area contributed by atoms with Crippen LogP contribution in [0.15, 0.2) is 16.7 Å². The maximum Gasteiger partial charge on any atom is 0.122 e. The highest BCUT2D eigenvalue weighted by Crippen LogP contribution is 2.31. The maximum absolute atomic E-state index is 5.67. The summed E-state index contributed by atoms with van der Waals surface area (Å²) < 4.78 is 6.09. The quantitative estimate of drug-likeness (QED) is 0.898. The van der Waals surface area contributed by atoms with Crippen LogP contribution in [0.1, 0.15) is 38.5 Å². The van der Waals surface area contributed by atoms with Crippen molar-refractivity contribution in [3.63, 3.8) is 0 Å². The molecule has 19 heavy (non-hydrogen) atoms. The lowest BCUT2D eigenvalue weighted by molar-refractivity contribution is 0.252. The van der Waals surface area contributed by atoms with Gasteiger partial charge < -0.3 is 9.73 Å². The maximum atomic E-state index is 5.67. The summed E-state index contributed by atoms with van der Waals surface area (Å²) in [5.74, 6) is 2.35. The van der Waals surface area contributed by atoms with E-state index in [1.807, 2.05) is 6.26 Å². The zero-order valence-corrected chi connectivity index (χ0v) is 13.2. The van der Waals surface area contributed by atoms with Crippen LogP contribution in [-0.4, -0.2) is 35.0 Å². The first-order valence-electron chi connectivity index (χ1n) is 7.23. The molecule has 0 saturated carbocycles. The molecule has 0 amide bonds. The molecule has 108 valence electrons. The van der Waals surface area contributed by atoms with Crippen molar-refractivity contribution in [2.24, 2.45) is 0 Å². The van der Waals surface area contributed by atoms with E-state index < -0.39 is 0 Å². The molecule has 0 atom stereocenters. The van der Waals surface area contributed by atoms with Gasteiger partial charge in [-0.3, -0.25) is 4.90 Å². The Morgan fingerprint density at radius 2 is 2.26 bits per heavy atom. The Morgan fingerprint density at radius 3 is 3.05 bits per heavy atom. The van der Waals surface area contributed by atoms with Crippen molar-refractivity contribution in [1.82, 2.24) is 10.2 Å². The van der Waals surface area contributed by atoms with E-state index in [4.69, 9.17) is 4.42 Å². The molecule has 0 aromatic carbocycles. The van der Waals surface area contributed by atoms with Crippen molar-refractivity contribution in [3.8, 4) is 0 Å². The van der Waals surface area contributed by atoms with Gasteiger partial charge in [-0.05, 0) is 25.6 Å². The Hall–Kier alpha value is -0.450. The molecule has 1 aliphatic heterocycles. The molecule has 1 fully saturated rings. The Morgan fingerprint density at radius 1 is 1.42 bits per heavy atom. The molecule has 1 N–H and O–H groups in total. The highest BCUT2D eigenvalue weighted by Gasteiger charge is 2.24. The zero-order valence-electron chi connectivity index (χ0n) is 12.4. The summed E-state index contributed by atoms with van der Waals surface area (Å²) in [5, 5.41) is 3.37. The second-order valence-electron chi connectivity index (χ2n) is 5.78. The Labute approximate surface area is 121 Å². The number of nitrogens with one attached hydrogen (secondary N) is 1. The third-order valence-electron chi connectivity index (χ3n) is 3.70. The molecular formula is C15H26N2OS. The number of nitrogens with zero attached hydrogens (tertiary/aromatic N) is 1. The third kappa shape index (κ3) is 4.55. The van der Waals surface area contributed by atoms with Gasteiger partial charge in [0.05, 0.1) is 12.8 Å². The van der Waals surface area contributed by atoms with E-state index in [2.05, 4.69) is 48.8 Å². The van der Waals surface area contributed by atoms with Crippen LogP contribution in [0.3, 0.4) is 0 Å².